The second kappa shape index (κ2) is 6.99. The molecule has 0 bridgehead atoms. The normalized spacial score (nSPS) is 11.4. The van der Waals surface area contributed by atoms with Crippen LogP contribution in [0.4, 0.5) is 10.1 Å². The van der Waals surface area contributed by atoms with Gasteiger partial charge in [0, 0.05) is 35.9 Å². The Kier molecular flexibility index (Phi) is 4.50. The molecule has 0 fully saturated rings. The summed E-state index contributed by atoms with van der Waals surface area (Å²) < 4.78 is 16.9. The van der Waals surface area contributed by atoms with E-state index in [9.17, 15) is 14.0 Å². The Bertz CT molecular complexity index is 1250. The Hall–Kier alpha value is -3.35. The number of nitrogens with one attached hydrogen (secondary N) is 2. The quantitative estimate of drug-likeness (QED) is 0.555. The van der Waals surface area contributed by atoms with Crippen LogP contribution >= 0.6 is 0 Å². The van der Waals surface area contributed by atoms with Crippen LogP contribution in [-0.4, -0.2) is 20.0 Å². The van der Waals surface area contributed by atoms with E-state index in [-0.39, 0.29) is 23.8 Å². The maximum atomic E-state index is 13.5. The second-order valence-corrected chi connectivity index (χ2v) is 6.70. The van der Waals surface area contributed by atoms with Crippen molar-refractivity contribution in [2.75, 3.05) is 5.32 Å². The third-order valence-electron chi connectivity index (χ3n) is 5.02. The minimum atomic E-state index is -0.336. The first kappa shape index (κ1) is 18.0. The molecule has 0 aliphatic heterocycles. The first-order valence-corrected chi connectivity index (χ1v) is 9.30. The number of aryl methyl sites for hydroxylation is 2. The van der Waals surface area contributed by atoms with Crippen LogP contribution in [0.3, 0.4) is 0 Å². The van der Waals surface area contributed by atoms with Gasteiger partial charge < -0.3 is 10.3 Å². The molecule has 0 unspecified atom stereocenters. The summed E-state index contributed by atoms with van der Waals surface area (Å²) in [7, 11) is 0. The van der Waals surface area contributed by atoms with Gasteiger partial charge in [-0.25, -0.2) is 9.18 Å². The van der Waals surface area contributed by atoms with E-state index in [1.54, 1.807) is 27.5 Å². The van der Waals surface area contributed by atoms with E-state index in [4.69, 9.17) is 0 Å². The van der Waals surface area contributed by atoms with Crippen LogP contribution in [0.5, 0.6) is 0 Å². The van der Waals surface area contributed by atoms with E-state index in [2.05, 4.69) is 10.3 Å². The average molecular weight is 380 g/mol. The van der Waals surface area contributed by atoms with Gasteiger partial charge in [-0.3, -0.25) is 13.9 Å². The van der Waals surface area contributed by atoms with Crippen LogP contribution in [0.1, 0.15) is 19.4 Å². The van der Waals surface area contributed by atoms with Gasteiger partial charge in [0.15, 0.2) is 0 Å². The predicted molar refractivity (Wildman–Crippen MR) is 108 cm³/mol. The van der Waals surface area contributed by atoms with E-state index >= 15 is 0 Å². The predicted octanol–water partition coefficient (Wildman–Crippen LogP) is 3.64. The highest BCUT2D eigenvalue weighted by Gasteiger charge is 2.14. The number of carbonyl (C=O) groups excluding carboxylic acids is 1. The molecule has 0 spiro atoms. The molecule has 0 atom stereocenters. The van der Waals surface area contributed by atoms with Gasteiger partial charge >= 0.3 is 5.69 Å². The molecule has 0 saturated carbocycles. The number of imidazole rings is 1. The van der Waals surface area contributed by atoms with Crippen molar-refractivity contribution >= 4 is 33.5 Å². The monoisotopic (exact) mass is 380 g/mol. The Morgan fingerprint density at radius 1 is 1.07 bits per heavy atom. The number of aromatic amines is 1. The third kappa shape index (κ3) is 2.98. The molecule has 7 heteroatoms. The maximum Gasteiger partial charge on any atom is 0.329 e. The molecule has 28 heavy (non-hydrogen) atoms. The standard InChI is InChI=1S/C21H21FN4O2/c1-3-25-18-8-6-15(11-19(18)26(4-2)21(25)28)24-20(27)9-13-12-23-17-7-5-14(22)10-16(13)17/h5-8,10-12,23H,3-4,9H2,1-2H3,(H,24,27). The molecule has 0 radical (unpaired) electrons. The molecular formula is C21H21FN4O2. The Morgan fingerprint density at radius 3 is 2.57 bits per heavy atom. The van der Waals surface area contributed by atoms with Crippen molar-refractivity contribution in [3.63, 3.8) is 0 Å². The fourth-order valence-corrected chi connectivity index (χ4v) is 3.68. The SMILES string of the molecule is CCn1c(=O)n(CC)c2cc(NC(=O)Cc3c[nH]c4ccc(F)cc34)ccc21. The number of halogens is 1. The molecule has 0 aliphatic carbocycles. The van der Waals surface area contributed by atoms with Gasteiger partial charge in [-0.1, -0.05) is 0 Å². The zero-order chi connectivity index (χ0) is 19.8. The zero-order valence-electron chi connectivity index (χ0n) is 15.8. The number of carbonyl (C=O) groups is 1. The molecule has 4 rings (SSSR count). The first-order chi connectivity index (χ1) is 13.5. The summed E-state index contributed by atoms with van der Waals surface area (Å²) in [4.78, 5) is 28.0. The number of nitrogens with zero attached hydrogens (tertiary/aromatic N) is 2. The Labute approximate surface area is 160 Å². The molecule has 0 saturated heterocycles. The molecule has 0 aliphatic rings. The lowest BCUT2D eigenvalue weighted by Gasteiger charge is -2.06. The molecule has 4 aromatic rings. The van der Waals surface area contributed by atoms with E-state index in [1.807, 2.05) is 26.0 Å². The van der Waals surface area contributed by atoms with Crippen molar-refractivity contribution in [2.45, 2.75) is 33.4 Å². The number of hydrogen-bond donors (Lipinski definition) is 2. The van der Waals surface area contributed by atoms with E-state index in [1.165, 1.54) is 12.1 Å². The molecule has 2 aromatic carbocycles. The minimum absolute atomic E-state index is 0.0516. The van der Waals surface area contributed by atoms with Crippen molar-refractivity contribution in [3.05, 3.63) is 64.5 Å². The van der Waals surface area contributed by atoms with Gasteiger partial charge in [0.1, 0.15) is 5.82 Å². The van der Waals surface area contributed by atoms with E-state index < -0.39 is 0 Å². The fourth-order valence-electron chi connectivity index (χ4n) is 3.68. The van der Waals surface area contributed by atoms with Gasteiger partial charge in [0.2, 0.25) is 5.91 Å². The molecule has 1 amide bonds. The average Bonchev–Trinajstić information content (AvgIpc) is 3.18. The fraction of sp³-hybridized carbons (Fsp3) is 0.238. The zero-order valence-corrected chi connectivity index (χ0v) is 15.8. The van der Waals surface area contributed by atoms with Gasteiger partial charge in [0.05, 0.1) is 17.5 Å². The van der Waals surface area contributed by atoms with Crippen molar-refractivity contribution in [1.29, 1.82) is 0 Å². The van der Waals surface area contributed by atoms with Crippen molar-refractivity contribution < 1.29 is 9.18 Å². The van der Waals surface area contributed by atoms with E-state index in [0.717, 1.165) is 22.1 Å². The van der Waals surface area contributed by atoms with Gasteiger partial charge in [0.25, 0.3) is 0 Å². The summed E-state index contributed by atoms with van der Waals surface area (Å²) in [6.07, 6.45) is 1.85. The van der Waals surface area contributed by atoms with Gasteiger partial charge in [-0.05, 0) is 55.8 Å². The number of anilines is 1. The highest BCUT2D eigenvalue weighted by atomic mass is 19.1. The minimum Gasteiger partial charge on any atom is -0.361 e. The Morgan fingerprint density at radius 2 is 1.82 bits per heavy atom. The summed E-state index contributed by atoms with van der Waals surface area (Å²) >= 11 is 0. The first-order valence-electron chi connectivity index (χ1n) is 9.30. The third-order valence-corrected chi connectivity index (χ3v) is 5.02. The molecular weight excluding hydrogens is 359 g/mol. The molecule has 144 valence electrons. The van der Waals surface area contributed by atoms with Crippen LogP contribution in [0.25, 0.3) is 21.9 Å². The number of fused-ring (bicyclic) bond motifs is 2. The highest BCUT2D eigenvalue weighted by molar-refractivity contribution is 5.97. The van der Waals surface area contributed by atoms with Crippen LogP contribution < -0.4 is 11.0 Å². The summed E-state index contributed by atoms with van der Waals surface area (Å²) in [6, 6.07) is 9.92. The maximum absolute atomic E-state index is 13.5. The van der Waals surface area contributed by atoms with Crippen LogP contribution in [0.15, 0.2) is 47.4 Å². The molecule has 2 N–H and O–H groups in total. The number of H-pyrrole nitrogens is 1. The smallest absolute Gasteiger partial charge is 0.329 e. The number of hydrogen-bond acceptors (Lipinski definition) is 2. The van der Waals surface area contributed by atoms with Crippen molar-refractivity contribution in [2.24, 2.45) is 0 Å². The number of aromatic nitrogens is 3. The Balaban J connectivity index is 1.61. The lowest BCUT2D eigenvalue weighted by atomic mass is 10.1. The second-order valence-electron chi connectivity index (χ2n) is 6.70. The van der Waals surface area contributed by atoms with Crippen LogP contribution in [0.2, 0.25) is 0 Å². The van der Waals surface area contributed by atoms with Crippen molar-refractivity contribution in [3.8, 4) is 0 Å². The lowest BCUT2D eigenvalue weighted by Crippen LogP contribution is -2.23. The summed E-state index contributed by atoms with van der Waals surface area (Å²) in [6.45, 7) is 4.99. The topological polar surface area (TPSA) is 71.8 Å². The number of amides is 1. The van der Waals surface area contributed by atoms with Gasteiger partial charge in [-0.15, -0.1) is 0 Å². The molecule has 2 heterocycles. The summed E-state index contributed by atoms with van der Waals surface area (Å²) in [5, 5.41) is 3.58. The van der Waals surface area contributed by atoms with E-state index in [0.29, 0.717) is 24.2 Å². The summed E-state index contributed by atoms with van der Waals surface area (Å²) in [5.41, 5.74) is 3.73. The lowest BCUT2D eigenvalue weighted by molar-refractivity contribution is -0.115. The number of rotatable bonds is 5. The van der Waals surface area contributed by atoms with Crippen LogP contribution in [-0.2, 0) is 24.3 Å². The highest BCUT2D eigenvalue weighted by Crippen LogP contribution is 2.22. The molecule has 6 nitrogen and oxygen atoms in total. The van der Waals surface area contributed by atoms with Gasteiger partial charge in [-0.2, -0.15) is 0 Å². The van der Waals surface area contributed by atoms with Crippen LogP contribution in [0, 0.1) is 5.82 Å². The largest absolute Gasteiger partial charge is 0.361 e. The summed E-state index contributed by atoms with van der Waals surface area (Å²) in [5.74, 6) is -0.540. The molecule has 2 aromatic heterocycles. The van der Waals surface area contributed by atoms with Crippen molar-refractivity contribution in [1.82, 2.24) is 14.1 Å². The number of benzene rings is 2.